The molecule has 20 heavy (non-hydrogen) atoms. The zero-order chi connectivity index (χ0) is 13.9. The summed E-state index contributed by atoms with van der Waals surface area (Å²) in [6.45, 7) is 0. The Bertz CT molecular complexity index is 789. The first-order chi connectivity index (χ1) is 9.72. The van der Waals surface area contributed by atoms with Gasteiger partial charge in [-0.2, -0.15) is 4.98 Å². The molecule has 0 radical (unpaired) electrons. The van der Waals surface area contributed by atoms with Crippen molar-refractivity contribution in [1.82, 2.24) is 9.97 Å². The van der Waals surface area contributed by atoms with Gasteiger partial charge in [0.2, 0.25) is 0 Å². The van der Waals surface area contributed by atoms with Crippen LogP contribution in [0.1, 0.15) is 5.69 Å². The van der Waals surface area contributed by atoms with Gasteiger partial charge in [0.05, 0.1) is 0 Å². The van der Waals surface area contributed by atoms with Gasteiger partial charge in [-0.15, -0.1) is 0 Å². The normalized spacial score (nSPS) is 10.4. The number of nitrogens with zero attached hydrogens (tertiary/aromatic N) is 2. The van der Waals surface area contributed by atoms with Crippen molar-refractivity contribution in [3.63, 3.8) is 0 Å². The van der Waals surface area contributed by atoms with Gasteiger partial charge in [-0.1, -0.05) is 42.5 Å². The van der Waals surface area contributed by atoms with Gasteiger partial charge in [-0.3, -0.25) is 0 Å². The molecule has 1 heterocycles. The maximum Gasteiger partial charge on any atom is 0.322 e. The Balaban J connectivity index is 1.92. The Hall–Kier alpha value is -2.53. The van der Waals surface area contributed by atoms with E-state index in [9.17, 15) is 0 Å². The summed E-state index contributed by atoms with van der Waals surface area (Å²) in [4.78, 5) is 8.41. The Morgan fingerprint density at radius 3 is 2.65 bits per heavy atom. The lowest BCUT2D eigenvalue weighted by Gasteiger charge is -2.06. The van der Waals surface area contributed by atoms with E-state index in [2.05, 4.69) is 9.97 Å². The Morgan fingerprint density at radius 1 is 1.05 bits per heavy atom. The summed E-state index contributed by atoms with van der Waals surface area (Å²) in [5.74, 6) is 0.670. The smallest absolute Gasteiger partial charge is 0.322 e. The number of rotatable bonds is 3. The van der Waals surface area contributed by atoms with Crippen LogP contribution >= 0.6 is 12.2 Å². The number of fused-ring (bicyclic) bond motifs is 1. The molecule has 1 aromatic heterocycles. The number of ether oxygens (including phenoxy) is 1. The minimum absolute atomic E-state index is 0.218. The third kappa shape index (κ3) is 2.57. The quantitative estimate of drug-likeness (QED) is 0.748. The van der Waals surface area contributed by atoms with Crippen molar-refractivity contribution in [2.45, 2.75) is 0 Å². The van der Waals surface area contributed by atoms with Gasteiger partial charge in [0.1, 0.15) is 16.4 Å². The van der Waals surface area contributed by atoms with Gasteiger partial charge >= 0.3 is 6.01 Å². The molecule has 0 spiro atoms. The van der Waals surface area contributed by atoms with Crippen LogP contribution in [0.25, 0.3) is 10.8 Å². The van der Waals surface area contributed by atoms with Crippen LogP contribution in [-0.2, 0) is 0 Å². The largest absolute Gasteiger partial charge is 0.424 e. The van der Waals surface area contributed by atoms with E-state index >= 15 is 0 Å². The van der Waals surface area contributed by atoms with Gasteiger partial charge in [0.25, 0.3) is 0 Å². The van der Waals surface area contributed by atoms with Crippen LogP contribution in [0.4, 0.5) is 0 Å². The van der Waals surface area contributed by atoms with Crippen molar-refractivity contribution in [3.8, 4) is 11.8 Å². The maximum absolute atomic E-state index is 5.64. The summed E-state index contributed by atoms with van der Waals surface area (Å²) in [6, 6.07) is 15.7. The van der Waals surface area contributed by atoms with Crippen molar-refractivity contribution in [2.75, 3.05) is 0 Å². The number of hydrogen-bond donors (Lipinski definition) is 1. The molecule has 0 aliphatic carbocycles. The van der Waals surface area contributed by atoms with Crippen molar-refractivity contribution in [2.24, 2.45) is 5.73 Å². The average molecular weight is 281 g/mol. The second-order valence-electron chi connectivity index (χ2n) is 4.20. The minimum Gasteiger partial charge on any atom is -0.424 e. The molecule has 5 heteroatoms. The Morgan fingerprint density at radius 2 is 1.85 bits per heavy atom. The molecular formula is C15H11N3OS. The summed E-state index contributed by atoms with van der Waals surface area (Å²) in [7, 11) is 0. The number of aromatic nitrogens is 2. The zero-order valence-electron chi connectivity index (χ0n) is 10.5. The summed E-state index contributed by atoms with van der Waals surface area (Å²) in [5, 5.41) is 2.24. The lowest BCUT2D eigenvalue weighted by molar-refractivity contribution is 0.442. The molecule has 0 saturated heterocycles. The molecule has 0 fully saturated rings. The predicted octanol–water partition coefficient (Wildman–Crippen LogP) is 3.06. The topological polar surface area (TPSA) is 61.0 Å². The standard InChI is InChI=1S/C15H11N3OS/c16-14(20)13-7-8-17-15(18-13)19-12-6-5-10-3-1-2-4-11(10)9-12/h1-9H,(H2,16,20). The van der Waals surface area contributed by atoms with E-state index in [4.69, 9.17) is 22.7 Å². The van der Waals surface area contributed by atoms with Gasteiger partial charge in [-0.25, -0.2) is 4.98 Å². The van der Waals surface area contributed by atoms with Crippen LogP contribution in [0.15, 0.2) is 54.7 Å². The fourth-order valence-corrected chi connectivity index (χ4v) is 1.98. The molecule has 0 unspecified atom stereocenters. The first kappa shape index (κ1) is 12.5. The highest BCUT2D eigenvalue weighted by molar-refractivity contribution is 7.80. The fraction of sp³-hybridized carbons (Fsp3) is 0. The monoisotopic (exact) mass is 281 g/mol. The first-order valence-electron chi connectivity index (χ1n) is 6.02. The highest BCUT2D eigenvalue weighted by Gasteiger charge is 2.04. The van der Waals surface area contributed by atoms with Crippen LogP contribution in [0.3, 0.4) is 0 Å². The predicted molar refractivity (Wildman–Crippen MR) is 81.9 cm³/mol. The fourth-order valence-electron chi connectivity index (χ4n) is 1.86. The lowest BCUT2D eigenvalue weighted by atomic mass is 10.1. The van der Waals surface area contributed by atoms with Crippen LogP contribution in [0, 0.1) is 0 Å². The van der Waals surface area contributed by atoms with Crippen molar-refractivity contribution < 1.29 is 4.74 Å². The summed E-state index contributed by atoms with van der Waals surface area (Å²) < 4.78 is 5.64. The average Bonchev–Trinajstić information content (AvgIpc) is 2.47. The van der Waals surface area contributed by atoms with Crippen LogP contribution < -0.4 is 10.5 Å². The molecule has 2 aromatic carbocycles. The summed E-state index contributed by atoms with van der Waals surface area (Å²) >= 11 is 4.88. The van der Waals surface area contributed by atoms with Crippen molar-refractivity contribution in [3.05, 3.63) is 60.4 Å². The molecule has 0 amide bonds. The second-order valence-corrected chi connectivity index (χ2v) is 4.64. The van der Waals surface area contributed by atoms with E-state index in [1.54, 1.807) is 12.3 Å². The van der Waals surface area contributed by atoms with E-state index in [1.807, 2.05) is 42.5 Å². The molecule has 3 aromatic rings. The zero-order valence-corrected chi connectivity index (χ0v) is 11.3. The molecule has 0 aliphatic rings. The molecule has 0 bridgehead atoms. The van der Waals surface area contributed by atoms with E-state index in [0.717, 1.165) is 10.8 Å². The van der Waals surface area contributed by atoms with Crippen molar-refractivity contribution >= 4 is 28.0 Å². The Kier molecular flexibility index (Phi) is 3.26. The molecule has 2 N–H and O–H groups in total. The van der Waals surface area contributed by atoms with Gasteiger partial charge in [0.15, 0.2) is 0 Å². The maximum atomic E-state index is 5.64. The number of hydrogen-bond acceptors (Lipinski definition) is 4. The van der Waals surface area contributed by atoms with E-state index in [0.29, 0.717) is 11.4 Å². The first-order valence-corrected chi connectivity index (χ1v) is 6.43. The third-order valence-corrected chi connectivity index (χ3v) is 3.03. The number of thiocarbonyl (C=S) groups is 1. The van der Waals surface area contributed by atoms with Crippen LogP contribution in [0.5, 0.6) is 11.8 Å². The Labute approximate surface area is 121 Å². The molecule has 98 valence electrons. The molecule has 0 aliphatic heterocycles. The summed E-state index contributed by atoms with van der Waals surface area (Å²) in [5.41, 5.74) is 6.03. The van der Waals surface area contributed by atoms with E-state index in [-0.39, 0.29) is 11.0 Å². The number of nitrogens with two attached hydrogens (primary N) is 1. The molecule has 0 atom stereocenters. The highest BCUT2D eigenvalue weighted by atomic mass is 32.1. The SMILES string of the molecule is NC(=S)c1ccnc(Oc2ccc3ccccc3c2)n1. The van der Waals surface area contributed by atoms with Gasteiger partial charge < -0.3 is 10.5 Å². The van der Waals surface area contributed by atoms with E-state index < -0.39 is 0 Å². The van der Waals surface area contributed by atoms with Crippen LogP contribution in [0.2, 0.25) is 0 Å². The molecule has 3 rings (SSSR count). The molecule has 0 saturated carbocycles. The lowest BCUT2D eigenvalue weighted by Crippen LogP contribution is -2.12. The van der Waals surface area contributed by atoms with E-state index in [1.165, 1.54) is 0 Å². The van der Waals surface area contributed by atoms with Crippen molar-refractivity contribution in [1.29, 1.82) is 0 Å². The van der Waals surface area contributed by atoms with Gasteiger partial charge in [-0.05, 0) is 29.0 Å². The number of benzene rings is 2. The third-order valence-electron chi connectivity index (χ3n) is 2.82. The highest BCUT2D eigenvalue weighted by Crippen LogP contribution is 2.23. The second kappa shape index (κ2) is 5.22. The molecular weight excluding hydrogens is 270 g/mol. The molecule has 4 nitrogen and oxygen atoms in total. The van der Waals surface area contributed by atoms with Gasteiger partial charge in [0, 0.05) is 6.20 Å². The minimum atomic E-state index is 0.218. The summed E-state index contributed by atoms with van der Waals surface area (Å²) in [6.07, 6.45) is 1.57. The van der Waals surface area contributed by atoms with Crippen LogP contribution in [-0.4, -0.2) is 15.0 Å².